The summed E-state index contributed by atoms with van der Waals surface area (Å²) in [5, 5.41) is 13.9. The van der Waals surface area contributed by atoms with Gasteiger partial charge in [0.15, 0.2) is 0 Å². The van der Waals surface area contributed by atoms with Gasteiger partial charge in [0, 0.05) is 0 Å². The fourth-order valence-corrected chi connectivity index (χ4v) is 0.591. The van der Waals surface area contributed by atoms with Gasteiger partial charge in [-0.3, -0.25) is 0 Å². The highest BCUT2D eigenvalue weighted by Gasteiger charge is 1.98. The van der Waals surface area contributed by atoms with Crippen molar-refractivity contribution in [1.29, 1.82) is 0 Å². The lowest BCUT2D eigenvalue weighted by Crippen LogP contribution is -2.06. The number of ether oxygens (including phenoxy) is 4. The SMILES string of the molecule is C=CCOC(=O)OCC=C.C=CCOC(=O)OCC=C.O=C(O)O. The molecule has 0 aromatic heterocycles. The summed E-state index contributed by atoms with van der Waals surface area (Å²) in [4.78, 5) is 29.4. The Kier molecular flexibility index (Phi) is 23.6. The van der Waals surface area contributed by atoms with Crippen molar-refractivity contribution in [3.8, 4) is 0 Å². The third kappa shape index (κ3) is 36.3. The first-order chi connectivity index (χ1) is 11.3. The average Bonchev–Trinajstić information content (AvgIpc) is 2.54. The van der Waals surface area contributed by atoms with Crippen molar-refractivity contribution >= 4 is 18.5 Å². The van der Waals surface area contributed by atoms with Gasteiger partial charge in [-0.15, -0.1) is 0 Å². The Morgan fingerprint density at radius 1 is 0.625 bits per heavy atom. The second-order valence-electron chi connectivity index (χ2n) is 3.18. The lowest BCUT2D eigenvalue weighted by atomic mass is 10.7. The van der Waals surface area contributed by atoms with Gasteiger partial charge >= 0.3 is 18.5 Å². The van der Waals surface area contributed by atoms with Crippen molar-refractivity contribution in [3.63, 3.8) is 0 Å². The quantitative estimate of drug-likeness (QED) is 0.502. The van der Waals surface area contributed by atoms with Crippen LogP contribution in [0.3, 0.4) is 0 Å². The van der Waals surface area contributed by atoms with Crippen LogP contribution >= 0.6 is 0 Å². The second kappa shape index (κ2) is 22.1. The Labute approximate surface area is 140 Å². The van der Waals surface area contributed by atoms with Gasteiger partial charge in [0.1, 0.15) is 26.4 Å². The van der Waals surface area contributed by atoms with Gasteiger partial charge in [-0.2, -0.15) is 0 Å². The maximum absolute atomic E-state index is 10.4. The molecule has 0 aliphatic rings. The minimum atomic E-state index is -1.83. The van der Waals surface area contributed by atoms with Gasteiger partial charge in [-0.05, 0) is 0 Å². The molecule has 136 valence electrons. The number of hydrogen-bond acceptors (Lipinski definition) is 7. The average molecular weight is 346 g/mol. The summed E-state index contributed by atoms with van der Waals surface area (Å²) in [5.41, 5.74) is 0. The van der Waals surface area contributed by atoms with E-state index in [-0.39, 0.29) is 26.4 Å². The summed E-state index contributed by atoms with van der Waals surface area (Å²) in [5.74, 6) is 0. The maximum Gasteiger partial charge on any atom is 0.508 e. The molecule has 0 amide bonds. The van der Waals surface area contributed by atoms with Crippen LogP contribution in [-0.4, -0.2) is 55.1 Å². The van der Waals surface area contributed by atoms with Gasteiger partial charge < -0.3 is 29.2 Å². The molecule has 0 radical (unpaired) electrons. The first-order valence-electron chi connectivity index (χ1n) is 6.30. The van der Waals surface area contributed by atoms with Crippen LogP contribution < -0.4 is 0 Å². The molecule has 0 aliphatic heterocycles. The molecular weight excluding hydrogens is 324 g/mol. The first kappa shape index (κ1) is 25.7. The number of hydrogen-bond donors (Lipinski definition) is 2. The molecule has 9 heteroatoms. The molecule has 0 fully saturated rings. The van der Waals surface area contributed by atoms with Crippen molar-refractivity contribution in [2.45, 2.75) is 0 Å². The lowest BCUT2D eigenvalue weighted by molar-refractivity contribution is 0.0709. The molecule has 0 spiro atoms. The van der Waals surface area contributed by atoms with E-state index in [1.54, 1.807) is 0 Å². The minimum absolute atomic E-state index is 0.177. The van der Waals surface area contributed by atoms with Gasteiger partial charge in [-0.1, -0.05) is 50.6 Å². The van der Waals surface area contributed by atoms with Crippen LogP contribution in [-0.2, 0) is 18.9 Å². The third-order valence-corrected chi connectivity index (χ3v) is 1.28. The van der Waals surface area contributed by atoms with Crippen LogP contribution in [0, 0.1) is 0 Å². The van der Waals surface area contributed by atoms with Gasteiger partial charge in [0.25, 0.3) is 0 Å². The molecule has 0 rings (SSSR count). The number of carbonyl (C=O) groups is 3. The molecule has 24 heavy (non-hydrogen) atoms. The molecule has 0 aliphatic carbocycles. The molecule has 9 nitrogen and oxygen atoms in total. The Morgan fingerprint density at radius 3 is 0.917 bits per heavy atom. The number of rotatable bonds is 8. The highest BCUT2D eigenvalue weighted by molar-refractivity contribution is 5.60. The van der Waals surface area contributed by atoms with E-state index in [2.05, 4.69) is 45.3 Å². The zero-order valence-corrected chi connectivity index (χ0v) is 13.2. The van der Waals surface area contributed by atoms with Crippen molar-refractivity contribution in [2.75, 3.05) is 26.4 Å². The lowest BCUT2D eigenvalue weighted by Gasteiger charge is -1.99. The smallest absolute Gasteiger partial charge is 0.450 e. The zero-order valence-electron chi connectivity index (χ0n) is 13.2. The molecule has 0 atom stereocenters. The van der Waals surface area contributed by atoms with E-state index in [1.165, 1.54) is 24.3 Å². The minimum Gasteiger partial charge on any atom is -0.450 e. The summed E-state index contributed by atoms with van der Waals surface area (Å²) >= 11 is 0. The van der Waals surface area contributed by atoms with Crippen LogP contribution in [0.25, 0.3) is 0 Å². The van der Waals surface area contributed by atoms with Crippen molar-refractivity contribution in [2.24, 2.45) is 0 Å². The summed E-state index contributed by atoms with van der Waals surface area (Å²) in [6, 6.07) is 0. The molecule has 0 saturated heterocycles. The largest absolute Gasteiger partial charge is 0.508 e. The van der Waals surface area contributed by atoms with E-state index in [9.17, 15) is 9.59 Å². The number of carbonyl (C=O) groups excluding carboxylic acids is 2. The Morgan fingerprint density at radius 2 is 0.792 bits per heavy atom. The van der Waals surface area contributed by atoms with E-state index in [0.29, 0.717) is 0 Å². The standard InChI is InChI=1S/2C7H10O3.CH2O3/c2*1-3-5-9-7(8)10-6-4-2;2-1(3)4/h2*3-4H,1-2,5-6H2;(H2,2,3,4). The molecule has 0 saturated carbocycles. The first-order valence-corrected chi connectivity index (χ1v) is 6.30. The van der Waals surface area contributed by atoms with Gasteiger partial charge in [0.05, 0.1) is 0 Å². The summed E-state index contributed by atoms with van der Waals surface area (Å²) in [6.07, 6.45) is 2.65. The van der Waals surface area contributed by atoms with Crippen LogP contribution in [0.15, 0.2) is 50.6 Å². The Bertz CT molecular complexity index is 338. The van der Waals surface area contributed by atoms with E-state index in [4.69, 9.17) is 15.0 Å². The van der Waals surface area contributed by atoms with Crippen molar-refractivity contribution in [3.05, 3.63) is 50.6 Å². The third-order valence-electron chi connectivity index (χ3n) is 1.28. The molecule has 0 unspecified atom stereocenters. The molecule has 2 N–H and O–H groups in total. The van der Waals surface area contributed by atoms with Crippen LogP contribution in [0.5, 0.6) is 0 Å². The molecule has 0 bridgehead atoms. The fourth-order valence-electron chi connectivity index (χ4n) is 0.591. The van der Waals surface area contributed by atoms with E-state index in [1.807, 2.05) is 0 Å². The molecule has 0 aromatic rings. The summed E-state index contributed by atoms with van der Waals surface area (Å²) < 4.78 is 17.9. The van der Waals surface area contributed by atoms with Crippen LogP contribution in [0.2, 0.25) is 0 Å². The number of carboxylic acid groups (broad SMARTS) is 2. The maximum atomic E-state index is 10.4. The van der Waals surface area contributed by atoms with E-state index in [0.717, 1.165) is 0 Å². The van der Waals surface area contributed by atoms with Crippen LogP contribution in [0.4, 0.5) is 14.4 Å². The van der Waals surface area contributed by atoms with E-state index < -0.39 is 18.5 Å². The molecule has 0 aromatic carbocycles. The van der Waals surface area contributed by atoms with Crippen molar-refractivity contribution in [1.82, 2.24) is 0 Å². The highest BCUT2D eigenvalue weighted by atomic mass is 16.7. The second-order valence-corrected chi connectivity index (χ2v) is 3.18. The predicted octanol–water partition coefficient (Wildman–Crippen LogP) is 3.25. The highest BCUT2D eigenvalue weighted by Crippen LogP contribution is 1.85. The predicted molar refractivity (Wildman–Crippen MR) is 86.0 cm³/mol. The fraction of sp³-hybridized carbons (Fsp3) is 0.267. The Hall–Kier alpha value is -3.23. The summed E-state index contributed by atoms with van der Waals surface area (Å²) in [7, 11) is 0. The normalized spacial score (nSPS) is 7.67. The van der Waals surface area contributed by atoms with E-state index >= 15 is 0 Å². The van der Waals surface area contributed by atoms with Crippen LogP contribution in [0.1, 0.15) is 0 Å². The van der Waals surface area contributed by atoms with Gasteiger partial charge in [0.2, 0.25) is 0 Å². The molecule has 0 heterocycles. The monoisotopic (exact) mass is 346 g/mol. The zero-order chi connectivity index (χ0) is 19.2. The van der Waals surface area contributed by atoms with Gasteiger partial charge in [-0.25, -0.2) is 14.4 Å². The molecular formula is C15H22O9. The Balaban J connectivity index is -0.000000301. The topological polar surface area (TPSA) is 129 Å². The summed E-state index contributed by atoms with van der Waals surface area (Å²) in [6.45, 7) is 14.1. The van der Waals surface area contributed by atoms with Crippen molar-refractivity contribution < 1.29 is 43.5 Å².